The van der Waals surface area contributed by atoms with Gasteiger partial charge >= 0.3 is 11.7 Å². The average Bonchev–Trinajstić information content (AvgIpc) is 2.80. The Hall–Kier alpha value is -4.11. The number of benzene rings is 3. The fourth-order valence-electron chi connectivity index (χ4n) is 2.83. The third-order valence-corrected chi connectivity index (χ3v) is 4.73. The lowest BCUT2D eigenvalue weighted by Gasteiger charge is -2.12. The van der Waals surface area contributed by atoms with E-state index in [4.69, 9.17) is 25.8 Å². The molecule has 0 aliphatic carbocycles. The first-order valence-electron chi connectivity index (χ1n) is 9.61. The summed E-state index contributed by atoms with van der Waals surface area (Å²) in [5.74, 6) is -1.02. The number of nitrogens with one attached hydrogen (secondary N) is 1. The molecule has 3 aromatic carbocycles. The van der Waals surface area contributed by atoms with Crippen molar-refractivity contribution in [2.45, 2.75) is 6.92 Å². The van der Waals surface area contributed by atoms with Crippen molar-refractivity contribution < 1.29 is 28.7 Å². The molecular formula is C23H19ClN2O7. The van der Waals surface area contributed by atoms with Gasteiger partial charge in [-0.05, 0) is 48.9 Å². The molecule has 3 rings (SSSR count). The summed E-state index contributed by atoms with van der Waals surface area (Å²) < 4.78 is 15.9. The van der Waals surface area contributed by atoms with Gasteiger partial charge in [-0.1, -0.05) is 29.8 Å². The molecule has 0 saturated carbocycles. The minimum absolute atomic E-state index is 0.0501. The molecule has 170 valence electrons. The first-order valence-corrected chi connectivity index (χ1v) is 9.98. The van der Waals surface area contributed by atoms with Gasteiger partial charge < -0.3 is 19.5 Å². The van der Waals surface area contributed by atoms with Crippen molar-refractivity contribution >= 4 is 34.9 Å². The monoisotopic (exact) mass is 470 g/mol. The van der Waals surface area contributed by atoms with Gasteiger partial charge in [0.05, 0.1) is 17.6 Å². The third-order valence-electron chi connectivity index (χ3n) is 4.49. The number of aryl methyl sites for hydroxylation is 1. The molecule has 9 nitrogen and oxygen atoms in total. The number of hydrogen-bond donors (Lipinski definition) is 1. The highest BCUT2D eigenvalue weighted by molar-refractivity contribution is 6.30. The Morgan fingerprint density at radius 2 is 1.76 bits per heavy atom. The molecule has 0 heterocycles. The van der Waals surface area contributed by atoms with E-state index in [9.17, 15) is 19.7 Å². The van der Waals surface area contributed by atoms with Gasteiger partial charge in [-0.2, -0.15) is 0 Å². The van der Waals surface area contributed by atoms with Gasteiger partial charge in [0.2, 0.25) is 5.75 Å². The van der Waals surface area contributed by atoms with E-state index in [1.54, 1.807) is 12.1 Å². The molecule has 0 fully saturated rings. The number of nitro groups is 1. The molecule has 0 atom stereocenters. The summed E-state index contributed by atoms with van der Waals surface area (Å²) in [6, 6.07) is 15.3. The molecule has 0 spiro atoms. The number of hydrogen-bond acceptors (Lipinski definition) is 7. The molecule has 0 bridgehead atoms. The fraction of sp³-hybridized carbons (Fsp3) is 0.130. The Morgan fingerprint density at radius 1 is 1.03 bits per heavy atom. The van der Waals surface area contributed by atoms with E-state index in [-0.39, 0.29) is 33.5 Å². The lowest BCUT2D eigenvalue weighted by atomic mass is 10.2. The van der Waals surface area contributed by atoms with Crippen LogP contribution in [0.5, 0.6) is 17.2 Å². The number of halogens is 1. The molecule has 0 saturated heterocycles. The van der Waals surface area contributed by atoms with Crippen LogP contribution in [0.3, 0.4) is 0 Å². The van der Waals surface area contributed by atoms with Gasteiger partial charge in [-0.25, -0.2) is 4.79 Å². The number of nitrogens with zero attached hydrogens (tertiary/aromatic N) is 1. The zero-order valence-corrected chi connectivity index (χ0v) is 18.4. The number of nitro benzene ring substituents is 1. The lowest BCUT2D eigenvalue weighted by molar-refractivity contribution is -0.385. The zero-order valence-electron chi connectivity index (χ0n) is 17.7. The van der Waals surface area contributed by atoms with Crippen LogP contribution in [0.1, 0.15) is 15.9 Å². The molecule has 10 heteroatoms. The molecule has 0 aliphatic rings. The number of carbonyl (C=O) groups is 2. The van der Waals surface area contributed by atoms with Crippen molar-refractivity contribution in [3.05, 3.63) is 86.9 Å². The lowest BCUT2D eigenvalue weighted by Crippen LogP contribution is -2.21. The van der Waals surface area contributed by atoms with Crippen molar-refractivity contribution in [3.8, 4) is 17.2 Å². The number of carbonyl (C=O) groups excluding carboxylic acids is 2. The number of esters is 1. The maximum absolute atomic E-state index is 12.4. The molecule has 1 amide bonds. The summed E-state index contributed by atoms with van der Waals surface area (Å²) in [4.78, 5) is 35.1. The molecule has 33 heavy (non-hydrogen) atoms. The second-order valence-corrected chi connectivity index (χ2v) is 7.21. The number of para-hydroxylation sites is 1. The van der Waals surface area contributed by atoms with Crippen LogP contribution >= 0.6 is 11.6 Å². The van der Waals surface area contributed by atoms with Gasteiger partial charge in [0.15, 0.2) is 18.1 Å². The number of anilines is 1. The second-order valence-electron chi connectivity index (χ2n) is 6.78. The minimum atomic E-state index is -0.753. The Balaban J connectivity index is 1.69. The van der Waals surface area contributed by atoms with Gasteiger partial charge in [0.25, 0.3) is 5.91 Å². The van der Waals surface area contributed by atoms with Crippen LogP contribution in [0.15, 0.2) is 60.7 Å². The molecule has 0 aliphatic heterocycles. The summed E-state index contributed by atoms with van der Waals surface area (Å²) in [7, 11) is 1.35. The van der Waals surface area contributed by atoms with E-state index in [1.807, 2.05) is 19.1 Å². The second kappa shape index (κ2) is 10.5. The Morgan fingerprint density at radius 3 is 2.45 bits per heavy atom. The van der Waals surface area contributed by atoms with Crippen LogP contribution < -0.4 is 14.8 Å². The van der Waals surface area contributed by atoms with Gasteiger partial charge in [-0.3, -0.25) is 14.9 Å². The summed E-state index contributed by atoms with van der Waals surface area (Å²) in [6.07, 6.45) is 0. The Bertz CT molecular complexity index is 1210. The molecule has 0 aromatic heterocycles. The highest BCUT2D eigenvalue weighted by Crippen LogP contribution is 2.38. The quantitative estimate of drug-likeness (QED) is 0.274. The van der Waals surface area contributed by atoms with E-state index in [1.165, 1.54) is 37.4 Å². The smallest absolute Gasteiger partial charge is 0.338 e. The summed E-state index contributed by atoms with van der Waals surface area (Å²) in [6.45, 7) is 1.36. The third kappa shape index (κ3) is 5.98. The number of methoxy groups -OCH3 is 1. The molecular weight excluding hydrogens is 452 g/mol. The maximum Gasteiger partial charge on any atom is 0.338 e. The SMILES string of the molecule is COc1cc(C(=O)OCC(=O)Nc2ccccc2C)ccc1Oc1ccc(Cl)cc1[N+](=O)[O-]. The van der Waals surface area contributed by atoms with Crippen molar-refractivity contribution in [1.82, 2.24) is 0 Å². The van der Waals surface area contributed by atoms with Crippen LogP contribution in [-0.2, 0) is 9.53 Å². The molecule has 0 unspecified atom stereocenters. The van der Waals surface area contributed by atoms with Crippen LogP contribution in [0.4, 0.5) is 11.4 Å². The van der Waals surface area contributed by atoms with E-state index in [0.717, 1.165) is 11.6 Å². The first-order chi connectivity index (χ1) is 15.8. The van der Waals surface area contributed by atoms with Crippen molar-refractivity contribution in [2.24, 2.45) is 0 Å². The van der Waals surface area contributed by atoms with E-state index >= 15 is 0 Å². The van der Waals surface area contributed by atoms with E-state index in [2.05, 4.69) is 5.32 Å². The van der Waals surface area contributed by atoms with E-state index < -0.39 is 23.4 Å². The topological polar surface area (TPSA) is 117 Å². The van der Waals surface area contributed by atoms with Gasteiger partial charge in [0.1, 0.15) is 0 Å². The maximum atomic E-state index is 12.4. The zero-order chi connectivity index (χ0) is 24.0. The van der Waals surface area contributed by atoms with Crippen molar-refractivity contribution in [3.63, 3.8) is 0 Å². The predicted octanol–water partition coefficient (Wildman–Crippen LogP) is 5.15. The molecule has 0 radical (unpaired) electrons. The van der Waals surface area contributed by atoms with Crippen molar-refractivity contribution in [2.75, 3.05) is 19.0 Å². The van der Waals surface area contributed by atoms with Gasteiger partial charge in [-0.15, -0.1) is 0 Å². The number of rotatable bonds is 8. The molecule has 3 aromatic rings. The van der Waals surface area contributed by atoms with Crippen LogP contribution in [0.2, 0.25) is 5.02 Å². The average molecular weight is 471 g/mol. The van der Waals surface area contributed by atoms with Crippen molar-refractivity contribution in [1.29, 1.82) is 0 Å². The summed E-state index contributed by atoms with van der Waals surface area (Å²) in [5.41, 5.74) is 1.28. The number of ether oxygens (including phenoxy) is 3. The minimum Gasteiger partial charge on any atom is -0.493 e. The standard InChI is InChI=1S/C23H19ClN2O7/c1-14-5-3-4-6-17(14)25-22(27)13-32-23(28)15-7-9-20(21(11-15)31-2)33-19-10-8-16(24)12-18(19)26(29)30/h3-12H,13H2,1-2H3,(H,25,27). The van der Waals surface area contributed by atoms with Crippen LogP contribution in [0.25, 0.3) is 0 Å². The highest BCUT2D eigenvalue weighted by atomic mass is 35.5. The van der Waals surface area contributed by atoms with Crippen LogP contribution in [0, 0.1) is 17.0 Å². The fourth-order valence-corrected chi connectivity index (χ4v) is 3.00. The first kappa shape index (κ1) is 23.6. The summed E-state index contributed by atoms with van der Waals surface area (Å²) >= 11 is 5.82. The number of amides is 1. The highest BCUT2D eigenvalue weighted by Gasteiger charge is 2.20. The predicted molar refractivity (Wildman–Crippen MR) is 121 cm³/mol. The normalized spacial score (nSPS) is 10.3. The summed E-state index contributed by atoms with van der Waals surface area (Å²) in [5, 5.41) is 14.1. The Labute approximate surface area is 194 Å². The largest absolute Gasteiger partial charge is 0.493 e. The van der Waals surface area contributed by atoms with E-state index in [0.29, 0.717) is 5.69 Å². The Kier molecular flexibility index (Phi) is 7.47. The van der Waals surface area contributed by atoms with Crippen LogP contribution in [-0.4, -0.2) is 30.5 Å². The van der Waals surface area contributed by atoms with Gasteiger partial charge in [0, 0.05) is 16.8 Å². The molecule has 1 N–H and O–H groups in total.